The summed E-state index contributed by atoms with van der Waals surface area (Å²) in [4.78, 5) is 0. The van der Waals surface area contributed by atoms with Gasteiger partial charge in [-0.3, -0.25) is 0 Å². The van der Waals surface area contributed by atoms with Gasteiger partial charge >= 0.3 is 21.7 Å². The van der Waals surface area contributed by atoms with E-state index in [0.29, 0.717) is 0 Å². The van der Waals surface area contributed by atoms with Crippen LogP contribution in [-0.2, 0) is 28.1 Å². The van der Waals surface area contributed by atoms with Crippen LogP contribution in [0.5, 0.6) is 0 Å². The van der Waals surface area contributed by atoms with E-state index >= 15 is 0 Å². The second kappa shape index (κ2) is 12.1. The van der Waals surface area contributed by atoms with Gasteiger partial charge in [-0.25, -0.2) is 0 Å². The number of hydrogen-bond donors (Lipinski definition) is 0. The predicted molar refractivity (Wildman–Crippen MR) is 121 cm³/mol. The number of benzene rings is 3. The van der Waals surface area contributed by atoms with Crippen molar-refractivity contribution in [3.63, 3.8) is 0 Å². The normalized spacial score (nSPS) is 9.57. The Kier molecular flexibility index (Phi) is 10.2. The summed E-state index contributed by atoms with van der Waals surface area (Å²) >= 11 is 0. The van der Waals surface area contributed by atoms with Crippen molar-refractivity contribution in [2.24, 2.45) is 0 Å². The fraction of sp³-hybridized carbons (Fsp3) is 0.148. The molecule has 0 unspecified atom stereocenters. The Morgan fingerprint density at radius 2 is 1.30 bits per heavy atom. The largest absolute Gasteiger partial charge is 3.00 e. The van der Waals surface area contributed by atoms with Crippen LogP contribution in [0, 0.1) is 0 Å². The van der Waals surface area contributed by atoms with Crippen LogP contribution in [0.15, 0.2) is 97.5 Å². The van der Waals surface area contributed by atoms with Gasteiger partial charge in [-0.2, -0.15) is 6.07 Å². The molecule has 30 heavy (non-hydrogen) atoms. The molecule has 0 aromatic heterocycles. The summed E-state index contributed by atoms with van der Waals surface area (Å²) in [6.07, 6.45) is 1.09. The van der Waals surface area contributed by atoms with E-state index in [1.807, 2.05) is 0 Å². The van der Waals surface area contributed by atoms with Crippen LogP contribution < -0.4 is 10.2 Å². The van der Waals surface area contributed by atoms with Crippen molar-refractivity contribution in [1.29, 1.82) is 0 Å². The van der Waals surface area contributed by atoms with Gasteiger partial charge in [0.05, 0.1) is 0 Å². The average molecular weight is 431 g/mol. The van der Waals surface area contributed by atoms with Crippen molar-refractivity contribution in [2.45, 2.75) is 27.2 Å². The van der Waals surface area contributed by atoms with Gasteiger partial charge in [-0.05, 0) is 22.8 Å². The van der Waals surface area contributed by atoms with Gasteiger partial charge in [0.15, 0.2) is 0 Å². The van der Waals surface area contributed by atoms with Gasteiger partial charge in [0.1, 0.15) is 0 Å². The topological polar surface area (TPSA) is 46.1 Å². The predicted octanol–water partition coefficient (Wildman–Crippen LogP) is 5.70. The average Bonchev–Trinajstić information content (AvgIpc) is 3.10. The van der Waals surface area contributed by atoms with E-state index in [4.69, 9.17) is 0 Å². The van der Waals surface area contributed by atoms with Crippen molar-refractivity contribution in [3.05, 3.63) is 103 Å². The summed E-state index contributed by atoms with van der Waals surface area (Å²) in [5.41, 5.74) is 4.08. The molecule has 2 nitrogen and oxygen atoms in total. The van der Waals surface area contributed by atoms with E-state index in [0.717, 1.165) is 6.42 Å². The fourth-order valence-corrected chi connectivity index (χ4v) is 3.20. The quantitative estimate of drug-likeness (QED) is 0.232. The molecule has 151 valence electrons. The third-order valence-electron chi connectivity index (χ3n) is 4.30. The van der Waals surface area contributed by atoms with E-state index < -0.39 is 0 Å². The number of aryl methyl sites for hydroxylation is 1. The van der Waals surface area contributed by atoms with E-state index in [-0.39, 0.29) is 33.2 Å². The van der Waals surface area contributed by atoms with Crippen molar-refractivity contribution in [2.75, 3.05) is 0 Å². The molecule has 1 radical (unpaired) electrons. The van der Waals surface area contributed by atoms with E-state index in [1.54, 1.807) is 0 Å². The van der Waals surface area contributed by atoms with Crippen molar-refractivity contribution in [3.8, 4) is 11.1 Å². The monoisotopic (exact) mass is 431 g/mol. The zero-order valence-corrected chi connectivity index (χ0v) is 19.4. The van der Waals surface area contributed by atoms with Crippen LogP contribution in [0.25, 0.3) is 32.7 Å². The summed E-state index contributed by atoms with van der Waals surface area (Å²) in [6.45, 7) is 11.0. The van der Waals surface area contributed by atoms with E-state index in [9.17, 15) is 10.2 Å². The molecule has 0 N–H and O–H groups in total. The third kappa shape index (κ3) is 6.98. The van der Waals surface area contributed by atoms with Crippen molar-refractivity contribution in [1.82, 2.24) is 0 Å². The number of hydrogen-bond acceptors (Lipinski definition) is 2. The zero-order chi connectivity index (χ0) is 21.4. The Labute approximate surface area is 194 Å². The molecule has 0 aliphatic carbocycles. The maximum atomic E-state index is 9.33. The molecule has 0 saturated heterocycles. The maximum absolute atomic E-state index is 9.33. The Hall–Kier alpha value is -2.68. The molecule has 4 aromatic rings. The first-order valence-electron chi connectivity index (χ1n) is 9.65. The molecule has 0 saturated carbocycles. The van der Waals surface area contributed by atoms with Crippen LogP contribution in [0.4, 0.5) is 0 Å². The molecule has 0 heterocycles. The van der Waals surface area contributed by atoms with Gasteiger partial charge in [-0.15, -0.1) is 59.2 Å². The molecule has 4 aromatic carbocycles. The molecule has 3 heteroatoms. The van der Waals surface area contributed by atoms with Crippen LogP contribution in [0.3, 0.4) is 0 Å². The summed E-state index contributed by atoms with van der Waals surface area (Å²) < 4.78 is 0. The number of allylic oxidation sites excluding steroid dienone is 2. The standard InChI is InChI=1S/C21H17.2C3H6O.Ti/c1-2-15-13-17-9-6-12-20(21(17)14-15)19-11-5-8-16-7-3-4-10-18(16)19;2*1-3(2)4;/h3-14H,2H2,1H3;2*4H,1H2,2H3;/q-1;;;+3/p-2. The first kappa shape index (κ1) is 25.4. The van der Waals surface area contributed by atoms with Gasteiger partial charge in [0.25, 0.3) is 0 Å². The minimum Gasteiger partial charge on any atom is -0.876 e. The summed E-state index contributed by atoms with van der Waals surface area (Å²) in [5.74, 6) is -0.167. The molecule has 0 spiro atoms. The third-order valence-corrected chi connectivity index (χ3v) is 4.30. The first-order valence-corrected chi connectivity index (χ1v) is 9.65. The molecule has 0 fully saturated rings. The van der Waals surface area contributed by atoms with Gasteiger partial charge in [0.2, 0.25) is 0 Å². The second-order valence-electron chi connectivity index (χ2n) is 6.96. The molecule has 0 bridgehead atoms. The van der Waals surface area contributed by atoms with Gasteiger partial charge < -0.3 is 10.2 Å². The Morgan fingerprint density at radius 3 is 1.90 bits per heavy atom. The van der Waals surface area contributed by atoms with Crippen LogP contribution in [-0.4, -0.2) is 0 Å². The van der Waals surface area contributed by atoms with E-state index in [1.165, 1.54) is 52.1 Å². The molecule has 0 atom stereocenters. The second-order valence-corrected chi connectivity index (χ2v) is 6.96. The summed E-state index contributed by atoms with van der Waals surface area (Å²) in [5, 5.41) is 24.0. The summed E-state index contributed by atoms with van der Waals surface area (Å²) in [6, 6.07) is 26.5. The zero-order valence-electron chi connectivity index (χ0n) is 17.9. The first-order chi connectivity index (χ1) is 13.8. The molecule has 0 amide bonds. The minimum atomic E-state index is -0.0833. The smallest absolute Gasteiger partial charge is 0.876 e. The number of rotatable bonds is 2. The maximum Gasteiger partial charge on any atom is 3.00 e. The Morgan fingerprint density at radius 1 is 0.800 bits per heavy atom. The van der Waals surface area contributed by atoms with Crippen LogP contribution in [0.2, 0.25) is 0 Å². The van der Waals surface area contributed by atoms with Gasteiger partial charge in [-0.1, -0.05) is 74.9 Å². The molecule has 4 rings (SSSR count). The molecular weight excluding hydrogens is 404 g/mol. The SMILES string of the molecule is C=C(C)[O-].C=C(C)[O-].CCc1cc2c(-c3cccc4ccccc34)cccc2[cH-]1.[Ti+3]. The summed E-state index contributed by atoms with van der Waals surface area (Å²) in [7, 11) is 0. The minimum absolute atomic E-state index is 0. The van der Waals surface area contributed by atoms with E-state index in [2.05, 4.69) is 92.9 Å². The number of fused-ring (bicyclic) bond motifs is 2. The molecule has 0 aliphatic heterocycles. The van der Waals surface area contributed by atoms with Crippen LogP contribution >= 0.6 is 0 Å². The Bertz CT molecular complexity index is 1100. The molecule has 0 aliphatic rings. The molecular formula is C27H27O2Ti. The van der Waals surface area contributed by atoms with Crippen molar-refractivity contribution >= 4 is 21.5 Å². The van der Waals surface area contributed by atoms with Gasteiger partial charge in [0, 0.05) is 0 Å². The fourth-order valence-electron chi connectivity index (χ4n) is 3.20. The Balaban J connectivity index is 0.000000435. The van der Waals surface area contributed by atoms with Crippen LogP contribution in [0.1, 0.15) is 26.3 Å². The van der Waals surface area contributed by atoms with Crippen molar-refractivity contribution < 1.29 is 31.9 Å².